The first kappa shape index (κ1) is 14.2. The number of benzene rings is 1. The van der Waals surface area contributed by atoms with Crippen LogP contribution in [0.4, 0.5) is 0 Å². The van der Waals surface area contributed by atoms with Crippen molar-refractivity contribution in [3.63, 3.8) is 0 Å². The lowest BCUT2D eigenvalue weighted by molar-refractivity contribution is 0.145. The van der Waals surface area contributed by atoms with Gasteiger partial charge in [0.05, 0.1) is 7.11 Å². The molecule has 3 heteroatoms. The van der Waals surface area contributed by atoms with Crippen LogP contribution < -0.4 is 14.8 Å². The smallest absolute Gasteiger partial charge is 0.123 e. The monoisotopic (exact) mass is 263 g/mol. The number of ether oxygens (including phenoxy) is 2. The average molecular weight is 263 g/mol. The van der Waals surface area contributed by atoms with Crippen LogP contribution >= 0.6 is 0 Å². The van der Waals surface area contributed by atoms with Crippen molar-refractivity contribution in [1.82, 2.24) is 5.32 Å². The molecule has 0 radical (unpaired) electrons. The molecule has 1 aliphatic carbocycles. The van der Waals surface area contributed by atoms with Crippen molar-refractivity contribution in [3.8, 4) is 11.5 Å². The van der Waals surface area contributed by atoms with Gasteiger partial charge in [0.15, 0.2) is 0 Å². The van der Waals surface area contributed by atoms with E-state index >= 15 is 0 Å². The van der Waals surface area contributed by atoms with Crippen molar-refractivity contribution in [1.29, 1.82) is 0 Å². The number of hydrogen-bond donors (Lipinski definition) is 1. The number of likely N-dealkylation sites (N-methyl/N-ethyl adjacent to an activating group) is 1. The molecule has 0 saturated heterocycles. The van der Waals surface area contributed by atoms with Crippen LogP contribution in [0.5, 0.6) is 11.5 Å². The summed E-state index contributed by atoms with van der Waals surface area (Å²) in [5.41, 5.74) is 0. The molecule has 0 bridgehead atoms. The molecule has 1 aliphatic rings. The van der Waals surface area contributed by atoms with Crippen LogP contribution in [0, 0.1) is 0 Å². The van der Waals surface area contributed by atoms with E-state index < -0.39 is 0 Å². The topological polar surface area (TPSA) is 30.5 Å². The maximum Gasteiger partial charge on any atom is 0.123 e. The van der Waals surface area contributed by atoms with Gasteiger partial charge in [0, 0.05) is 12.1 Å². The highest BCUT2D eigenvalue weighted by Crippen LogP contribution is 2.25. The fourth-order valence-corrected chi connectivity index (χ4v) is 2.76. The van der Waals surface area contributed by atoms with Crippen LogP contribution in [0.15, 0.2) is 24.3 Å². The van der Waals surface area contributed by atoms with E-state index in [0.29, 0.717) is 6.04 Å². The summed E-state index contributed by atoms with van der Waals surface area (Å²) >= 11 is 0. The third-order valence-corrected chi connectivity index (χ3v) is 3.75. The van der Waals surface area contributed by atoms with Crippen LogP contribution in [0.25, 0.3) is 0 Å². The van der Waals surface area contributed by atoms with Gasteiger partial charge in [0.25, 0.3) is 0 Å². The Morgan fingerprint density at radius 1 is 1.16 bits per heavy atom. The summed E-state index contributed by atoms with van der Waals surface area (Å²) in [5, 5.41) is 3.57. The standard InChI is InChI=1S/C16H25NO2/c1-3-17-15-10-5-4-6-11-16(15)19-14-9-7-8-13(12-14)18-2/h7-9,12,15-17H,3-6,10-11H2,1-2H3. The lowest BCUT2D eigenvalue weighted by Gasteiger charge is -2.27. The quantitative estimate of drug-likeness (QED) is 0.826. The molecule has 3 nitrogen and oxygen atoms in total. The maximum absolute atomic E-state index is 6.20. The predicted molar refractivity (Wildman–Crippen MR) is 78.0 cm³/mol. The molecule has 0 aromatic heterocycles. The molecule has 1 N–H and O–H groups in total. The molecule has 1 fully saturated rings. The molecule has 0 heterocycles. The molecule has 2 rings (SSSR count). The number of rotatable bonds is 5. The van der Waals surface area contributed by atoms with E-state index in [0.717, 1.165) is 24.5 Å². The summed E-state index contributed by atoms with van der Waals surface area (Å²) in [7, 11) is 1.69. The maximum atomic E-state index is 6.20. The largest absolute Gasteiger partial charge is 0.497 e. The first-order valence-electron chi connectivity index (χ1n) is 7.37. The van der Waals surface area contributed by atoms with Gasteiger partial charge in [-0.25, -0.2) is 0 Å². The third kappa shape index (κ3) is 4.13. The summed E-state index contributed by atoms with van der Waals surface area (Å²) in [6, 6.07) is 8.37. The molecule has 106 valence electrons. The molecule has 0 amide bonds. The van der Waals surface area contributed by atoms with Crippen LogP contribution in [0.1, 0.15) is 39.0 Å². The number of nitrogens with one attached hydrogen (secondary N) is 1. The molecule has 19 heavy (non-hydrogen) atoms. The van der Waals surface area contributed by atoms with E-state index in [1.807, 2.05) is 24.3 Å². The van der Waals surface area contributed by atoms with Crippen molar-refractivity contribution in [2.75, 3.05) is 13.7 Å². The Bertz CT molecular complexity index is 381. The molecule has 0 aliphatic heterocycles. The van der Waals surface area contributed by atoms with Crippen LogP contribution in [-0.4, -0.2) is 25.8 Å². The molecule has 2 unspecified atom stereocenters. The zero-order chi connectivity index (χ0) is 13.5. The highest BCUT2D eigenvalue weighted by molar-refractivity contribution is 5.33. The average Bonchev–Trinajstić information content (AvgIpc) is 2.65. The molecule has 2 atom stereocenters. The second kappa shape index (κ2) is 7.39. The van der Waals surface area contributed by atoms with Crippen molar-refractivity contribution < 1.29 is 9.47 Å². The Kier molecular flexibility index (Phi) is 5.52. The molecular weight excluding hydrogens is 238 g/mol. The Morgan fingerprint density at radius 3 is 2.74 bits per heavy atom. The molecule has 1 saturated carbocycles. The van der Waals surface area contributed by atoms with Gasteiger partial charge >= 0.3 is 0 Å². The van der Waals surface area contributed by atoms with Crippen molar-refractivity contribution in [2.24, 2.45) is 0 Å². The molecule has 1 aromatic carbocycles. The highest BCUT2D eigenvalue weighted by atomic mass is 16.5. The van der Waals surface area contributed by atoms with Gasteiger partial charge in [0.1, 0.15) is 17.6 Å². The fourth-order valence-electron chi connectivity index (χ4n) is 2.76. The van der Waals surface area contributed by atoms with E-state index in [-0.39, 0.29) is 6.10 Å². The second-order valence-electron chi connectivity index (χ2n) is 5.14. The minimum atomic E-state index is 0.273. The normalized spacial score (nSPS) is 23.7. The van der Waals surface area contributed by atoms with Crippen molar-refractivity contribution in [3.05, 3.63) is 24.3 Å². The van der Waals surface area contributed by atoms with E-state index in [9.17, 15) is 0 Å². The summed E-state index contributed by atoms with van der Waals surface area (Å²) < 4.78 is 11.4. The van der Waals surface area contributed by atoms with Crippen LogP contribution in [0.2, 0.25) is 0 Å². The third-order valence-electron chi connectivity index (χ3n) is 3.75. The molecule has 1 aromatic rings. The Hall–Kier alpha value is -1.22. The van der Waals surface area contributed by atoms with Gasteiger partial charge in [-0.2, -0.15) is 0 Å². The zero-order valence-electron chi connectivity index (χ0n) is 12.0. The Morgan fingerprint density at radius 2 is 1.95 bits per heavy atom. The number of methoxy groups -OCH3 is 1. The van der Waals surface area contributed by atoms with Gasteiger partial charge in [-0.05, 0) is 37.9 Å². The second-order valence-corrected chi connectivity index (χ2v) is 5.14. The van der Waals surface area contributed by atoms with Crippen molar-refractivity contribution in [2.45, 2.75) is 51.2 Å². The lowest BCUT2D eigenvalue weighted by Crippen LogP contribution is -2.42. The van der Waals surface area contributed by atoms with E-state index in [1.165, 1.54) is 25.7 Å². The van der Waals surface area contributed by atoms with E-state index in [4.69, 9.17) is 9.47 Å². The van der Waals surface area contributed by atoms with Gasteiger partial charge in [-0.15, -0.1) is 0 Å². The summed E-state index contributed by atoms with van der Waals surface area (Å²) in [6.07, 6.45) is 6.50. The van der Waals surface area contributed by atoms with E-state index in [1.54, 1.807) is 7.11 Å². The Balaban J connectivity index is 2.04. The summed E-state index contributed by atoms with van der Waals surface area (Å²) in [5.74, 6) is 1.76. The van der Waals surface area contributed by atoms with Crippen molar-refractivity contribution >= 4 is 0 Å². The Labute approximate surface area is 116 Å². The van der Waals surface area contributed by atoms with Crippen LogP contribution in [-0.2, 0) is 0 Å². The van der Waals surface area contributed by atoms with E-state index in [2.05, 4.69) is 12.2 Å². The SMILES string of the molecule is CCNC1CCCCCC1Oc1cccc(OC)c1. The molecule has 0 spiro atoms. The summed E-state index contributed by atoms with van der Waals surface area (Å²) in [6.45, 7) is 3.16. The minimum absolute atomic E-state index is 0.273. The lowest BCUT2D eigenvalue weighted by atomic mass is 10.1. The first-order valence-corrected chi connectivity index (χ1v) is 7.37. The minimum Gasteiger partial charge on any atom is -0.497 e. The fraction of sp³-hybridized carbons (Fsp3) is 0.625. The van der Waals surface area contributed by atoms with Gasteiger partial charge in [-0.3, -0.25) is 0 Å². The first-order chi connectivity index (χ1) is 9.33. The number of hydrogen-bond acceptors (Lipinski definition) is 3. The van der Waals surface area contributed by atoms with Gasteiger partial charge < -0.3 is 14.8 Å². The van der Waals surface area contributed by atoms with Gasteiger partial charge in [-0.1, -0.05) is 25.8 Å². The molecular formula is C16H25NO2. The van der Waals surface area contributed by atoms with Gasteiger partial charge in [0.2, 0.25) is 0 Å². The summed E-state index contributed by atoms with van der Waals surface area (Å²) in [4.78, 5) is 0. The predicted octanol–water partition coefficient (Wildman–Crippen LogP) is 3.38. The zero-order valence-corrected chi connectivity index (χ0v) is 12.0. The highest BCUT2D eigenvalue weighted by Gasteiger charge is 2.24. The van der Waals surface area contributed by atoms with Crippen LogP contribution in [0.3, 0.4) is 0 Å².